The first-order valence-electron chi connectivity index (χ1n) is 9.81. The normalized spacial score (nSPS) is 10.8. The number of amides is 1. The fourth-order valence-electron chi connectivity index (χ4n) is 2.86. The van der Waals surface area contributed by atoms with Crippen molar-refractivity contribution in [3.8, 4) is 17.2 Å². The van der Waals surface area contributed by atoms with Crippen LogP contribution in [-0.4, -0.2) is 25.8 Å². The third kappa shape index (κ3) is 6.48. The molecule has 1 amide bonds. The monoisotopic (exact) mass is 516 g/mol. The number of hydrogen-bond donors (Lipinski definition) is 1. The maximum Gasteiger partial charge on any atom is 0.275 e. The number of carbonyl (C=O) groups excluding carboxylic acids is 1. The molecule has 0 atom stereocenters. The Labute approximate surface area is 200 Å². The van der Waals surface area contributed by atoms with Crippen molar-refractivity contribution in [3.63, 3.8) is 0 Å². The molecule has 0 spiro atoms. The molecular formula is C24H22BrClN2O4. The molecule has 0 aliphatic carbocycles. The Hall–Kier alpha value is -3.03. The maximum atomic E-state index is 12.5. The van der Waals surface area contributed by atoms with Gasteiger partial charge in [-0.2, -0.15) is 5.10 Å². The van der Waals surface area contributed by atoms with Gasteiger partial charge in [0, 0.05) is 9.50 Å². The SMILES string of the molecule is CCOc1cc(/C=N\NC(=O)c2cc(Br)ccc2OC)ccc1OCc1cccc(Cl)c1. The lowest BCUT2D eigenvalue weighted by molar-refractivity contribution is 0.0952. The van der Waals surface area contributed by atoms with Crippen LogP contribution in [0, 0.1) is 0 Å². The number of hydrazone groups is 1. The van der Waals surface area contributed by atoms with Crippen molar-refractivity contribution >= 4 is 39.7 Å². The predicted octanol–water partition coefficient (Wildman–Crippen LogP) is 5.85. The van der Waals surface area contributed by atoms with E-state index in [-0.39, 0.29) is 5.91 Å². The van der Waals surface area contributed by atoms with Crippen LogP contribution < -0.4 is 19.6 Å². The first kappa shape index (κ1) is 23.6. The average molecular weight is 518 g/mol. The van der Waals surface area contributed by atoms with Gasteiger partial charge in [0.05, 0.1) is 25.5 Å². The minimum absolute atomic E-state index is 0.360. The molecule has 1 N–H and O–H groups in total. The van der Waals surface area contributed by atoms with Crippen LogP contribution in [0.25, 0.3) is 0 Å². The van der Waals surface area contributed by atoms with E-state index in [1.807, 2.05) is 37.3 Å². The van der Waals surface area contributed by atoms with E-state index in [1.54, 1.807) is 30.3 Å². The summed E-state index contributed by atoms with van der Waals surface area (Å²) in [6.07, 6.45) is 1.53. The topological polar surface area (TPSA) is 69.2 Å². The van der Waals surface area contributed by atoms with E-state index >= 15 is 0 Å². The van der Waals surface area contributed by atoms with Gasteiger partial charge in [0.25, 0.3) is 5.91 Å². The molecule has 6 nitrogen and oxygen atoms in total. The number of nitrogens with zero attached hydrogens (tertiary/aromatic N) is 1. The largest absolute Gasteiger partial charge is 0.496 e. The quantitative estimate of drug-likeness (QED) is 0.285. The number of nitrogens with one attached hydrogen (secondary N) is 1. The van der Waals surface area contributed by atoms with Gasteiger partial charge in [-0.3, -0.25) is 4.79 Å². The van der Waals surface area contributed by atoms with Gasteiger partial charge in [0.15, 0.2) is 11.5 Å². The highest BCUT2D eigenvalue weighted by atomic mass is 79.9. The zero-order valence-electron chi connectivity index (χ0n) is 17.6. The Morgan fingerprint density at radius 2 is 1.88 bits per heavy atom. The average Bonchev–Trinajstić information content (AvgIpc) is 2.78. The number of halogens is 2. The summed E-state index contributed by atoms with van der Waals surface area (Å²) in [5.74, 6) is 1.26. The summed E-state index contributed by atoms with van der Waals surface area (Å²) in [6, 6.07) is 18.1. The Morgan fingerprint density at radius 1 is 1.06 bits per heavy atom. The summed E-state index contributed by atoms with van der Waals surface area (Å²) in [7, 11) is 1.51. The fourth-order valence-corrected chi connectivity index (χ4v) is 3.44. The van der Waals surface area contributed by atoms with Gasteiger partial charge >= 0.3 is 0 Å². The van der Waals surface area contributed by atoms with Crippen LogP contribution in [0.15, 0.2) is 70.2 Å². The Balaban J connectivity index is 1.69. The second-order valence-electron chi connectivity index (χ2n) is 6.60. The van der Waals surface area contributed by atoms with Gasteiger partial charge in [-0.25, -0.2) is 5.43 Å². The van der Waals surface area contributed by atoms with E-state index in [4.69, 9.17) is 25.8 Å². The molecule has 0 heterocycles. The molecule has 166 valence electrons. The highest BCUT2D eigenvalue weighted by Crippen LogP contribution is 2.29. The molecule has 0 unspecified atom stereocenters. The molecule has 32 heavy (non-hydrogen) atoms. The highest BCUT2D eigenvalue weighted by molar-refractivity contribution is 9.10. The van der Waals surface area contributed by atoms with Crippen molar-refractivity contribution in [3.05, 3.63) is 86.8 Å². The van der Waals surface area contributed by atoms with Crippen LogP contribution in [0.1, 0.15) is 28.4 Å². The number of carbonyl (C=O) groups is 1. The van der Waals surface area contributed by atoms with E-state index < -0.39 is 0 Å². The molecule has 8 heteroatoms. The van der Waals surface area contributed by atoms with E-state index in [0.717, 1.165) is 15.6 Å². The number of hydrogen-bond acceptors (Lipinski definition) is 5. The van der Waals surface area contributed by atoms with Crippen molar-refractivity contribution in [1.29, 1.82) is 0 Å². The predicted molar refractivity (Wildman–Crippen MR) is 129 cm³/mol. The lowest BCUT2D eigenvalue weighted by atomic mass is 10.2. The molecule has 3 rings (SSSR count). The van der Waals surface area contributed by atoms with Crippen molar-refractivity contribution < 1.29 is 19.0 Å². The van der Waals surface area contributed by atoms with Gasteiger partial charge in [-0.05, 0) is 66.6 Å². The summed E-state index contributed by atoms with van der Waals surface area (Å²) in [5.41, 5.74) is 4.58. The Kier molecular flexibility index (Phi) is 8.53. The Bertz CT molecular complexity index is 1120. The summed E-state index contributed by atoms with van der Waals surface area (Å²) < 4.78 is 17.6. The number of ether oxygens (including phenoxy) is 3. The van der Waals surface area contributed by atoms with Crippen LogP contribution in [0.3, 0.4) is 0 Å². The van der Waals surface area contributed by atoms with E-state index in [0.29, 0.717) is 41.0 Å². The first-order valence-corrected chi connectivity index (χ1v) is 11.0. The fraction of sp³-hybridized carbons (Fsp3) is 0.167. The van der Waals surface area contributed by atoms with Crippen molar-refractivity contribution in [2.45, 2.75) is 13.5 Å². The van der Waals surface area contributed by atoms with Gasteiger partial charge in [-0.15, -0.1) is 0 Å². The third-order valence-electron chi connectivity index (χ3n) is 4.34. The van der Waals surface area contributed by atoms with Gasteiger partial charge in [-0.1, -0.05) is 39.7 Å². The van der Waals surface area contributed by atoms with Crippen LogP contribution in [0.4, 0.5) is 0 Å². The van der Waals surface area contributed by atoms with Crippen molar-refractivity contribution in [2.24, 2.45) is 5.10 Å². The molecule has 0 radical (unpaired) electrons. The summed E-state index contributed by atoms with van der Waals surface area (Å²) in [4.78, 5) is 12.5. The van der Waals surface area contributed by atoms with Crippen LogP contribution in [-0.2, 0) is 6.61 Å². The number of rotatable bonds is 9. The minimum Gasteiger partial charge on any atom is -0.496 e. The first-order chi connectivity index (χ1) is 15.5. The molecule has 0 saturated heterocycles. The smallest absolute Gasteiger partial charge is 0.275 e. The molecule has 0 aliphatic rings. The van der Waals surface area contributed by atoms with Crippen molar-refractivity contribution in [2.75, 3.05) is 13.7 Å². The standard InChI is InChI=1S/C24H22BrClN2O4/c1-3-31-23-12-16(7-9-22(23)32-15-17-5-4-6-19(26)11-17)14-27-28-24(29)20-13-18(25)8-10-21(20)30-2/h4-14H,3,15H2,1-2H3,(H,28,29)/b27-14-. The number of methoxy groups -OCH3 is 1. The molecule has 3 aromatic carbocycles. The molecule has 3 aromatic rings. The summed E-state index contributed by atoms with van der Waals surface area (Å²) in [5, 5.41) is 4.71. The van der Waals surface area contributed by atoms with Gasteiger partial charge < -0.3 is 14.2 Å². The van der Waals surface area contributed by atoms with Gasteiger partial charge in [0.1, 0.15) is 12.4 Å². The second-order valence-corrected chi connectivity index (χ2v) is 7.95. The minimum atomic E-state index is -0.383. The Morgan fingerprint density at radius 3 is 2.62 bits per heavy atom. The molecule has 0 bridgehead atoms. The van der Waals surface area contributed by atoms with Crippen LogP contribution in [0.5, 0.6) is 17.2 Å². The second kappa shape index (κ2) is 11.5. The third-order valence-corrected chi connectivity index (χ3v) is 5.07. The maximum absolute atomic E-state index is 12.5. The summed E-state index contributed by atoms with van der Waals surface area (Å²) >= 11 is 9.38. The van der Waals surface area contributed by atoms with Crippen molar-refractivity contribution in [1.82, 2.24) is 5.43 Å². The lowest BCUT2D eigenvalue weighted by Gasteiger charge is -2.13. The molecule has 0 aliphatic heterocycles. The molecule has 0 saturated carbocycles. The van der Waals surface area contributed by atoms with E-state index in [9.17, 15) is 4.79 Å². The number of benzene rings is 3. The zero-order chi connectivity index (χ0) is 22.9. The highest BCUT2D eigenvalue weighted by Gasteiger charge is 2.12. The van der Waals surface area contributed by atoms with E-state index in [1.165, 1.54) is 13.3 Å². The molecule has 0 fully saturated rings. The van der Waals surface area contributed by atoms with E-state index in [2.05, 4.69) is 26.5 Å². The molecular weight excluding hydrogens is 496 g/mol. The van der Waals surface area contributed by atoms with Gasteiger partial charge in [0.2, 0.25) is 0 Å². The van der Waals surface area contributed by atoms with Crippen LogP contribution in [0.2, 0.25) is 5.02 Å². The molecule has 0 aromatic heterocycles. The zero-order valence-corrected chi connectivity index (χ0v) is 19.9. The lowest BCUT2D eigenvalue weighted by Crippen LogP contribution is -2.18. The van der Waals surface area contributed by atoms with Crippen LogP contribution >= 0.6 is 27.5 Å². The summed E-state index contributed by atoms with van der Waals surface area (Å²) in [6.45, 7) is 2.74.